The SMILES string of the molecule is CCCCc1ccc(-c2ccc(C(=O)CCCC(=O)C[C@@H](CCCCN)C(=O)N[C@@H](CCCCN)C(=O)C[C@@H](C)C(=O)N[C@@H](CCCCN)C(=O)C[C@@H](C)B3OC4C[C@@H]5C[C@@H](C5(C)C)[C@]4(C)O3)cc2)cc1. The lowest BCUT2D eigenvalue weighted by Gasteiger charge is -2.64. The van der Waals surface area contributed by atoms with Gasteiger partial charge in [-0.05, 0) is 150 Å². The molecule has 3 saturated carbocycles. The first-order valence-electron chi connectivity index (χ1n) is 27.3. The molecule has 8 N–H and O–H groups in total. The molecule has 3 aliphatic carbocycles. The minimum absolute atomic E-state index is 0.00192. The van der Waals surface area contributed by atoms with Crippen molar-refractivity contribution in [3.8, 4) is 11.1 Å². The van der Waals surface area contributed by atoms with Gasteiger partial charge in [-0.1, -0.05) is 96.0 Å². The van der Waals surface area contributed by atoms with E-state index in [4.69, 9.17) is 26.5 Å². The van der Waals surface area contributed by atoms with Crippen molar-refractivity contribution in [1.29, 1.82) is 0 Å². The molecule has 1 saturated heterocycles. The molecular formula is C57H88BN5O8. The molecule has 2 aromatic rings. The van der Waals surface area contributed by atoms with Crippen molar-refractivity contribution in [1.82, 2.24) is 10.6 Å². The number of hydrogen-bond donors (Lipinski definition) is 5. The summed E-state index contributed by atoms with van der Waals surface area (Å²) in [7, 11) is -0.513. The van der Waals surface area contributed by atoms with Crippen LogP contribution in [-0.4, -0.2) is 85.5 Å². The Balaban J connectivity index is 1.13. The maximum atomic E-state index is 14.0. The van der Waals surface area contributed by atoms with Gasteiger partial charge in [-0.2, -0.15) is 0 Å². The summed E-state index contributed by atoms with van der Waals surface area (Å²) in [4.78, 5) is 82.3. The summed E-state index contributed by atoms with van der Waals surface area (Å²) in [6.45, 7) is 13.9. The van der Waals surface area contributed by atoms with Crippen LogP contribution in [0.5, 0.6) is 0 Å². The number of nitrogens with two attached hydrogens (primary N) is 3. The Morgan fingerprint density at radius 2 is 1.24 bits per heavy atom. The summed E-state index contributed by atoms with van der Waals surface area (Å²) in [5.74, 6) is -2.08. The second-order valence-corrected chi connectivity index (χ2v) is 22.1. The van der Waals surface area contributed by atoms with Crippen LogP contribution in [0.25, 0.3) is 11.1 Å². The number of ketones is 4. The largest absolute Gasteiger partial charge is 0.461 e. The van der Waals surface area contributed by atoms with Gasteiger partial charge in [0.1, 0.15) is 5.78 Å². The Morgan fingerprint density at radius 1 is 0.676 bits per heavy atom. The Hall–Kier alpha value is -4.08. The molecule has 0 spiro atoms. The maximum Gasteiger partial charge on any atom is 0.461 e. The summed E-state index contributed by atoms with van der Waals surface area (Å²) in [5, 5.41) is 5.93. The molecule has 2 aromatic carbocycles. The standard InChI is InChI=1S/C57H88BN5O8/c1-7-8-16-40-22-24-41(25-23-40)42-26-28-43(29-27-42)49(65)21-15-18-46(64)35-44(17-9-12-30-59)55(69)63-47(19-10-13-31-60)50(66)33-38(2)54(68)62-48(20-11-14-32-61)51(67)34-39(3)58-70-53-37-45-36-52(56(45,4)5)57(53,6)71-58/h22-29,38-39,44-45,47-48,52-53H,7-21,30-37,59-61H2,1-6H3,(H,62,68)(H,63,69)/t38-,39-,44-,45+,47+,48+,52+,53?,57+/m1/s1. The first-order chi connectivity index (χ1) is 33.9. The third kappa shape index (κ3) is 16.0. The highest BCUT2D eigenvalue weighted by Gasteiger charge is 2.68. The lowest BCUT2D eigenvalue weighted by atomic mass is 9.43. The van der Waals surface area contributed by atoms with Crippen LogP contribution in [0.2, 0.25) is 5.82 Å². The quantitative estimate of drug-likeness (QED) is 0.0254. The number of hydrogen-bond acceptors (Lipinski definition) is 11. The van der Waals surface area contributed by atoms with E-state index in [2.05, 4.69) is 62.6 Å². The number of carbonyl (C=O) groups excluding carboxylic acids is 6. The van der Waals surface area contributed by atoms with Crippen molar-refractivity contribution in [3.05, 3.63) is 59.7 Å². The monoisotopic (exact) mass is 982 g/mol. The zero-order valence-electron chi connectivity index (χ0n) is 44.1. The molecule has 1 unspecified atom stereocenters. The normalized spacial score (nSPS) is 22.0. The van der Waals surface area contributed by atoms with Gasteiger partial charge < -0.3 is 37.1 Å². The number of rotatable bonds is 34. The van der Waals surface area contributed by atoms with E-state index in [1.54, 1.807) is 6.92 Å². The molecule has 4 aliphatic rings. The van der Waals surface area contributed by atoms with Crippen LogP contribution in [0.15, 0.2) is 48.5 Å². The minimum Gasteiger partial charge on any atom is -0.405 e. The molecule has 9 atom stereocenters. The second-order valence-electron chi connectivity index (χ2n) is 22.1. The van der Waals surface area contributed by atoms with E-state index in [1.165, 1.54) is 5.56 Å². The first kappa shape index (κ1) is 57.8. The Kier molecular flexibility index (Phi) is 22.7. The number of unbranched alkanes of at least 4 members (excludes halogenated alkanes) is 4. The smallest absolute Gasteiger partial charge is 0.405 e. The fraction of sp³-hybridized carbons (Fsp3) is 0.684. The van der Waals surface area contributed by atoms with E-state index >= 15 is 0 Å². The summed E-state index contributed by atoms with van der Waals surface area (Å²) < 4.78 is 13.1. The lowest BCUT2D eigenvalue weighted by Crippen LogP contribution is -2.65. The molecule has 2 amide bonds. The van der Waals surface area contributed by atoms with Gasteiger partial charge in [-0.25, -0.2) is 0 Å². The maximum absolute atomic E-state index is 14.0. The van der Waals surface area contributed by atoms with Gasteiger partial charge in [-0.3, -0.25) is 28.8 Å². The Bertz CT molecular complexity index is 2060. The lowest BCUT2D eigenvalue weighted by molar-refractivity contribution is -0.199. The van der Waals surface area contributed by atoms with Gasteiger partial charge >= 0.3 is 7.12 Å². The molecule has 6 rings (SSSR count). The molecule has 392 valence electrons. The van der Waals surface area contributed by atoms with Crippen LogP contribution in [0.1, 0.15) is 179 Å². The summed E-state index contributed by atoms with van der Waals surface area (Å²) >= 11 is 0. The molecular weight excluding hydrogens is 893 g/mol. The van der Waals surface area contributed by atoms with Crippen LogP contribution >= 0.6 is 0 Å². The number of aryl methyl sites for hydroxylation is 1. The molecule has 4 fully saturated rings. The number of benzene rings is 2. The number of nitrogens with one attached hydrogen (secondary N) is 2. The van der Waals surface area contributed by atoms with E-state index in [0.29, 0.717) is 101 Å². The summed E-state index contributed by atoms with van der Waals surface area (Å²) in [6.07, 6.45) is 11.2. The van der Waals surface area contributed by atoms with Crippen LogP contribution in [0.4, 0.5) is 0 Å². The third-order valence-corrected chi connectivity index (χ3v) is 16.2. The second kappa shape index (κ2) is 27.8. The van der Waals surface area contributed by atoms with E-state index in [-0.39, 0.29) is 78.2 Å². The van der Waals surface area contributed by atoms with Gasteiger partial charge in [0, 0.05) is 49.5 Å². The summed E-state index contributed by atoms with van der Waals surface area (Å²) in [6, 6.07) is 14.5. The molecule has 0 aromatic heterocycles. The highest BCUT2D eigenvalue weighted by Crippen LogP contribution is 2.66. The Morgan fingerprint density at radius 3 is 1.82 bits per heavy atom. The topological polar surface area (TPSA) is 223 Å². The number of Topliss-reactive ketones (excluding diaryl/α,β-unsaturated/α-hetero) is 4. The molecule has 14 heteroatoms. The van der Waals surface area contributed by atoms with Crippen molar-refractivity contribution in [2.75, 3.05) is 19.6 Å². The van der Waals surface area contributed by atoms with E-state index in [9.17, 15) is 28.8 Å². The Labute approximate surface area is 425 Å². The molecule has 2 bridgehead atoms. The highest BCUT2D eigenvalue weighted by atomic mass is 16.7. The zero-order chi connectivity index (χ0) is 51.7. The van der Waals surface area contributed by atoms with Crippen molar-refractivity contribution in [2.45, 2.75) is 200 Å². The van der Waals surface area contributed by atoms with Crippen LogP contribution in [0.3, 0.4) is 0 Å². The summed E-state index contributed by atoms with van der Waals surface area (Å²) in [5.41, 5.74) is 21.2. The van der Waals surface area contributed by atoms with Crippen molar-refractivity contribution >= 4 is 42.1 Å². The van der Waals surface area contributed by atoms with Gasteiger partial charge in [0.2, 0.25) is 11.8 Å². The van der Waals surface area contributed by atoms with Gasteiger partial charge in [0.25, 0.3) is 0 Å². The molecule has 0 radical (unpaired) electrons. The molecule has 1 heterocycles. The fourth-order valence-electron chi connectivity index (χ4n) is 11.4. The molecule has 1 aliphatic heterocycles. The van der Waals surface area contributed by atoms with Crippen LogP contribution in [-0.2, 0) is 39.7 Å². The third-order valence-electron chi connectivity index (χ3n) is 16.2. The van der Waals surface area contributed by atoms with E-state index in [1.807, 2.05) is 31.2 Å². The predicted molar refractivity (Wildman–Crippen MR) is 282 cm³/mol. The van der Waals surface area contributed by atoms with E-state index in [0.717, 1.165) is 43.2 Å². The highest BCUT2D eigenvalue weighted by molar-refractivity contribution is 6.47. The minimum atomic E-state index is -0.887. The molecule has 13 nitrogen and oxygen atoms in total. The zero-order valence-corrected chi connectivity index (χ0v) is 44.1. The molecule has 71 heavy (non-hydrogen) atoms. The predicted octanol–water partition coefficient (Wildman–Crippen LogP) is 8.65. The van der Waals surface area contributed by atoms with Gasteiger partial charge in [-0.15, -0.1) is 0 Å². The van der Waals surface area contributed by atoms with Crippen molar-refractivity contribution in [2.24, 2.45) is 46.3 Å². The number of carbonyl (C=O) groups is 6. The number of amides is 2. The van der Waals surface area contributed by atoms with Crippen molar-refractivity contribution in [3.63, 3.8) is 0 Å². The fourth-order valence-corrected chi connectivity index (χ4v) is 11.4. The average Bonchev–Trinajstić information content (AvgIpc) is 3.72. The first-order valence-corrected chi connectivity index (χ1v) is 27.3. The van der Waals surface area contributed by atoms with Crippen LogP contribution < -0.4 is 27.8 Å². The van der Waals surface area contributed by atoms with E-state index < -0.39 is 42.9 Å². The van der Waals surface area contributed by atoms with Crippen molar-refractivity contribution < 1.29 is 38.1 Å². The van der Waals surface area contributed by atoms with Gasteiger partial charge in [0.05, 0.1) is 23.8 Å². The average molecular weight is 982 g/mol. The van der Waals surface area contributed by atoms with Crippen LogP contribution in [0, 0.1) is 29.1 Å². The van der Waals surface area contributed by atoms with Gasteiger partial charge in [0.15, 0.2) is 17.3 Å².